The average molecular weight is 270 g/mol. The summed E-state index contributed by atoms with van der Waals surface area (Å²) in [7, 11) is 0. The molecule has 1 aliphatic rings. The van der Waals surface area contributed by atoms with Crippen LogP contribution in [0.3, 0.4) is 0 Å². The van der Waals surface area contributed by atoms with E-state index in [2.05, 4.69) is 10.2 Å². The Hall–Kier alpha value is -1.92. The number of imide groups is 1. The van der Waals surface area contributed by atoms with Gasteiger partial charge >= 0.3 is 5.97 Å². The molecule has 1 fully saturated rings. The summed E-state index contributed by atoms with van der Waals surface area (Å²) in [6, 6.07) is 0. The minimum atomic E-state index is -0.724. The molecule has 106 valence electrons. The summed E-state index contributed by atoms with van der Waals surface area (Å²) in [5.41, 5.74) is -0.537. The lowest BCUT2D eigenvalue weighted by molar-refractivity contribution is -0.197. The third-order valence-electron chi connectivity index (χ3n) is 2.49. The summed E-state index contributed by atoms with van der Waals surface area (Å²) >= 11 is 0. The van der Waals surface area contributed by atoms with Crippen molar-refractivity contribution in [3.8, 4) is 0 Å². The number of rotatable bonds is 4. The minimum absolute atomic E-state index is 0.0624. The first-order valence-electron chi connectivity index (χ1n) is 6.06. The maximum Gasteiger partial charge on any atom is 0.334 e. The van der Waals surface area contributed by atoms with E-state index in [4.69, 9.17) is 0 Å². The van der Waals surface area contributed by atoms with Crippen LogP contribution in [0.15, 0.2) is 0 Å². The van der Waals surface area contributed by atoms with Crippen molar-refractivity contribution in [2.45, 2.75) is 40.0 Å². The summed E-state index contributed by atoms with van der Waals surface area (Å²) in [5, 5.41) is 3.07. The summed E-state index contributed by atoms with van der Waals surface area (Å²) in [6.07, 6.45) is 0.0264. The van der Waals surface area contributed by atoms with Crippen LogP contribution in [0.2, 0.25) is 0 Å². The minimum Gasteiger partial charge on any atom is -0.355 e. The zero-order valence-electron chi connectivity index (χ0n) is 11.3. The lowest BCUT2D eigenvalue weighted by Gasteiger charge is -2.17. The molecule has 0 aliphatic carbocycles. The topological polar surface area (TPSA) is 92.8 Å². The zero-order valence-corrected chi connectivity index (χ0v) is 11.3. The number of hydrogen-bond donors (Lipinski definition) is 1. The van der Waals surface area contributed by atoms with Gasteiger partial charge in [-0.05, 0) is 0 Å². The summed E-state index contributed by atoms with van der Waals surface area (Å²) in [6.45, 7) is 5.36. The molecule has 7 nitrogen and oxygen atoms in total. The molecule has 0 unspecified atom stereocenters. The molecule has 1 heterocycles. The summed E-state index contributed by atoms with van der Waals surface area (Å²) < 4.78 is 0. The second-order valence-corrected chi connectivity index (χ2v) is 5.30. The molecule has 0 aromatic carbocycles. The second kappa shape index (κ2) is 5.81. The van der Waals surface area contributed by atoms with Gasteiger partial charge in [0.15, 0.2) is 0 Å². The van der Waals surface area contributed by atoms with Gasteiger partial charge in [0.25, 0.3) is 11.8 Å². The first kappa shape index (κ1) is 15.1. The van der Waals surface area contributed by atoms with Gasteiger partial charge in [-0.2, -0.15) is 0 Å². The van der Waals surface area contributed by atoms with Crippen LogP contribution in [-0.2, 0) is 24.0 Å². The molecule has 7 heteroatoms. The van der Waals surface area contributed by atoms with Gasteiger partial charge < -0.3 is 10.2 Å². The van der Waals surface area contributed by atoms with Gasteiger partial charge in [-0.1, -0.05) is 20.8 Å². The Morgan fingerprint density at radius 3 is 2.21 bits per heavy atom. The van der Waals surface area contributed by atoms with E-state index < -0.39 is 23.2 Å². The molecule has 0 atom stereocenters. The molecule has 1 aliphatic heterocycles. The Morgan fingerprint density at radius 1 is 1.21 bits per heavy atom. The van der Waals surface area contributed by atoms with Gasteiger partial charge in [0.2, 0.25) is 5.91 Å². The first-order valence-corrected chi connectivity index (χ1v) is 6.06. The van der Waals surface area contributed by atoms with Crippen LogP contribution >= 0.6 is 0 Å². The van der Waals surface area contributed by atoms with Crippen molar-refractivity contribution >= 4 is 23.7 Å². The van der Waals surface area contributed by atoms with Crippen LogP contribution in [0.25, 0.3) is 0 Å². The average Bonchev–Trinajstić information content (AvgIpc) is 2.59. The number of amides is 3. The molecule has 0 aromatic heterocycles. The zero-order chi connectivity index (χ0) is 14.6. The van der Waals surface area contributed by atoms with E-state index in [1.165, 1.54) is 0 Å². The van der Waals surface area contributed by atoms with Crippen LogP contribution in [0, 0.1) is 5.41 Å². The Morgan fingerprint density at radius 2 is 1.74 bits per heavy atom. The quantitative estimate of drug-likeness (QED) is 0.734. The van der Waals surface area contributed by atoms with Crippen LogP contribution in [0.5, 0.6) is 0 Å². The van der Waals surface area contributed by atoms with Gasteiger partial charge in [0.1, 0.15) is 0 Å². The molecule has 0 spiro atoms. The molecule has 0 saturated carbocycles. The third kappa shape index (κ3) is 4.35. The van der Waals surface area contributed by atoms with Gasteiger partial charge in [0, 0.05) is 24.8 Å². The molecule has 0 bridgehead atoms. The first-order chi connectivity index (χ1) is 8.71. The molecule has 3 amide bonds. The van der Waals surface area contributed by atoms with Crippen molar-refractivity contribution in [3.63, 3.8) is 0 Å². The Kier molecular flexibility index (Phi) is 4.63. The van der Waals surface area contributed by atoms with E-state index in [0.29, 0.717) is 5.06 Å². The fourth-order valence-corrected chi connectivity index (χ4v) is 1.35. The maximum absolute atomic E-state index is 11.5. The van der Waals surface area contributed by atoms with Crippen LogP contribution in [0.1, 0.15) is 40.0 Å². The normalized spacial score (nSPS) is 15.6. The highest BCUT2D eigenvalue weighted by molar-refractivity contribution is 6.01. The highest BCUT2D eigenvalue weighted by Gasteiger charge is 2.32. The lowest BCUT2D eigenvalue weighted by atomic mass is 9.96. The highest BCUT2D eigenvalue weighted by atomic mass is 16.7. The smallest absolute Gasteiger partial charge is 0.334 e. The number of carbonyl (C=O) groups is 4. The molecule has 1 rings (SSSR count). The summed E-state index contributed by atoms with van der Waals surface area (Å²) in [5.74, 6) is -1.94. The number of hydrogen-bond acceptors (Lipinski definition) is 5. The van der Waals surface area contributed by atoms with Crippen LogP contribution in [0.4, 0.5) is 0 Å². The molecule has 19 heavy (non-hydrogen) atoms. The van der Waals surface area contributed by atoms with Crippen molar-refractivity contribution in [1.82, 2.24) is 10.4 Å². The second-order valence-electron chi connectivity index (χ2n) is 5.30. The SMILES string of the molecule is CC(C)(C)C(=O)NCCC(=O)ON1C(=O)CCC1=O. The van der Waals surface area contributed by atoms with Crippen molar-refractivity contribution in [1.29, 1.82) is 0 Å². The van der Waals surface area contributed by atoms with E-state index in [-0.39, 0.29) is 31.7 Å². The Labute approximate surface area is 111 Å². The van der Waals surface area contributed by atoms with Gasteiger partial charge in [-0.25, -0.2) is 4.79 Å². The summed E-state index contributed by atoms with van der Waals surface area (Å²) in [4.78, 5) is 49.9. The predicted octanol–water partition coefficient (Wildman–Crippen LogP) is 0.146. The van der Waals surface area contributed by atoms with Crippen molar-refractivity contribution in [2.75, 3.05) is 6.54 Å². The number of nitrogens with one attached hydrogen (secondary N) is 1. The highest BCUT2D eigenvalue weighted by Crippen LogP contribution is 2.13. The van der Waals surface area contributed by atoms with Crippen molar-refractivity contribution in [2.24, 2.45) is 5.41 Å². The lowest BCUT2D eigenvalue weighted by Crippen LogP contribution is -2.37. The molecule has 0 radical (unpaired) electrons. The van der Waals surface area contributed by atoms with Crippen LogP contribution in [-0.4, -0.2) is 35.3 Å². The maximum atomic E-state index is 11.5. The van der Waals surface area contributed by atoms with Gasteiger partial charge in [-0.3, -0.25) is 14.4 Å². The van der Waals surface area contributed by atoms with E-state index in [1.54, 1.807) is 20.8 Å². The van der Waals surface area contributed by atoms with Gasteiger partial charge in [-0.15, -0.1) is 5.06 Å². The number of hydroxylamine groups is 2. The van der Waals surface area contributed by atoms with E-state index in [9.17, 15) is 19.2 Å². The van der Waals surface area contributed by atoms with Crippen LogP contribution < -0.4 is 5.32 Å². The Balaban J connectivity index is 2.31. The molecular weight excluding hydrogens is 252 g/mol. The van der Waals surface area contributed by atoms with E-state index in [0.717, 1.165) is 0 Å². The van der Waals surface area contributed by atoms with E-state index in [1.807, 2.05) is 0 Å². The molecule has 0 aromatic rings. The Bertz CT molecular complexity index is 395. The fraction of sp³-hybridized carbons (Fsp3) is 0.667. The predicted molar refractivity (Wildman–Crippen MR) is 64.3 cm³/mol. The third-order valence-corrected chi connectivity index (χ3v) is 2.49. The largest absolute Gasteiger partial charge is 0.355 e. The fourth-order valence-electron chi connectivity index (χ4n) is 1.35. The van der Waals surface area contributed by atoms with Crippen molar-refractivity contribution in [3.05, 3.63) is 0 Å². The standard InChI is InChI=1S/C12H18N2O5/c1-12(2,3)11(18)13-7-6-10(17)19-14-8(15)4-5-9(14)16/h4-7H2,1-3H3,(H,13,18). The van der Waals surface area contributed by atoms with Gasteiger partial charge in [0.05, 0.1) is 6.42 Å². The van der Waals surface area contributed by atoms with Crippen molar-refractivity contribution < 1.29 is 24.0 Å². The molecule has 1 N–H and O–H groups in total. The monoisotopic (exact) mass is 270 g/mol. The van der Waals surface area contributed by atoms with E-state index >= 15 is 0 Å². The molecule has 1 saturated heterocycles. The molecular formula is C12H18N2O5. The number of carbonyl (C=O) groups excluding carboxylic acids is 4. The number of nitrogens with zero attached hydrogens (tertiary/aromatic N) is 1.